The zero-order valence-electron chi connectivity index (χ0n) is 8.63. The number of halogens is 2. The maximum atomic E-state index is 12.5. The predicted molar refractivity (Wildman–Crippen MR) is 50.0 cm³/mol. The van der Waals surface area contributed by atoms with E-state index in [1.807, 2.05) is 6.92 Å². The Labute approximate surface area is 79.1 Å². The quantitative estimate of drug-likeness (QED) is 0.663. The zero-order chi connectivity index (χ0) is 10.0. The molecule has 0 aromatic carbocycles. The lowest BCUT2D eigenvalue weighted by atomic mass is 9.98. The van der Waals surface area contributed by atoms with E-state index in [2.05, 4.69) is 18.7 Å². The molecule has 1 rings (SSSR count). The van der Waals surface area contributed by atoms with E-state index < -0.39 is 12.3 Å². The summed E-state index contributed by atoms with van der Waals surface area (Å²) in [6.45, 7) is 7.74. The summed E-state index contributed by atoms with van der Waals surface area (Å²) in [5.74, 6) is 0.0936. The van der Waals surface area contributed by atoms with Crippen LogP contribution in [0.4, 0.5) is 8.78 Å². The molecule has 13 heavy (non-hydrogen) atoms. The largest absolute Gasteiger partial charge is 0.300 e. The molecule has 0 aromatic rings. The standard InChI is InChI=1S/C10H19F2N/c1-4-13-6-8(10(11)12)5-9(13)7(2)3/h7-10H,4-6H2,1-3H3/t8-,9-/m0/s1. The smallest absolute Gasteiger partial charge is 0.242 e. The molecule has 78 valence electrons. The lowest BCUT2D eigenvalue weighted by Gasteiger charge is -2.25. The van der Waals surface area contributed by atoms with Crippen molar-refractivity contribution in [2.45, 2.75) is 39.7 Å². The molecule has 2 atom stereocenters. The van der Waals surface area contributed by atoms with Crippen LogP contribution in [0.3, 0.4) is 0 Å². The van der Waals surface area contributed by atoms with Gasteiger partial charge in [0.05, 0.1) is 0 Å². The molecule has 0 bridgehead atoms. The Morgan fingerprint density at radius 3 is 2.31 bits per heavy atom. The number of likely N-dealkylation sites (tertiary alicyclic amines) is 1. The molecule has 0 unspecified atom stereocenters. The van der Waals surface area contributed by atoms with Crippen molar-refractivity contribution in [3.63, 3.8) is 0 Å². The van der Waals surface area contributed by atoms with Gasteiger partial charge in [0, 0.05) is 18.5 Å². The summed E-state index contributed by atoms with van der Waals surface area (Å²) < 4.78 is 24.9. The molecule has 1 aliphatic rings. The minimum absolute atomic E-state index is 0.365. The maximum absolute atomic E-state index is 12.5. The van der Waals surface area contributed by atoms with E-state index in [1.54, 1.807) is 0 Å². The minimum atomic E-state index is -2.14. The van der Waals surface area contributed by atoms with Crippen molar-refractivity contribution >= 4 is 0 Å². The van der Waals surface area contributed by atoms with Crippen LogP contribution in [0.1, 0.15) is 27.2 Å². The van der Waals surface area contributed by atoms with Crippen molar-refractivity contribution in [1.29, 1.82) is 0 Å². The summed E-state index contributed by atoms with van der Waals surface area (Å²) in [6.07, 6.45) is -1.47. The molecule has 3 heteroatoms. The zero-order valence-corrected chi connectivity index (χ0v) is 8.63. The Kier molecular flexibility index (Phi) is 3.65. The molecule has 1 heterocycles. The Morgan fingerprint density at radius 2 is 2.00 bits per heavy atom. The van der Waals surface area contributed by atoms with Crippen molar-refractivity contribution in [1.82, 2.24) is 4.90 Å². The fourth-order valence-electron chi connectivity index (χ4n) is 2.21. The number of alkyl halides is 2. The van der Waals surface area contributed by atoms with Crippen molar-refractivity contribution in [3.8, 4) is 0 Å². The van der Waals surface area contributed by atoms with Crippen LogP contribution in [0.25, 0.3) is 0 Å². The first kappa shape index (κ1) is 10.9. The molecule has 1 saturated heterocycles. The van der Waals surface area contributed by atoms with Crippen LogP contribution < -0.4 is 0 Å². The predicted octanol–water partition coefficient (Wildman–Crippen LogP) is 2.62. The molecule has 0 spiro atoms. The van der Waals surface area contributed by atoms with Crippen molar-refractivity contribution < 1.29 is 8.78 Å². The molecule has 0 amide bonds. The highest BCUT2D eigenvalue weighted by Crippen LogP contribution is 2.31. The van der Waals surface area contributed by atoms with E-state index in [-0.39, 0.29) is 0 Å². The minimum Gasteiger partial charge on any atom is -0.300 e. The first-order chi connectivity index (χ1) is 6.06. The average molecular weight is 191 g/mol. The van der Waals surface area contributed by atoms with Crippen LogP contribution >= 0.6 is 0 Å². The molecule has 0 saturated carbocycles. The molecular formula is C10H19F2N. The Balaban J connectivity index is 2.56. The van der Waals surface area contributed by atoms with E-state index >= 15 is 0 Å². The van der Waals surface area contributed by atoms with E-state index in [4.69, 9.17) is 0 Å². The Hall–Kier alpha value is -0.180. The Morgan fingerprint density at radius 1 is 1.38 bits per heavy atom. The highest BCUT2D eigenvalue weighted by atomic mass is 19.3. The van der Waals surface area contributed by atoms with Gasteiger partial charge < -0.3 is 0 Å². The summed E-state index contributed by atoms with van der Waals surface area (Å²) in [5, 5.41) is 0. The Bertz CT molecular complexity index is 159. The van der Waals surface area contributed by atoms with E-state index in [0.717, 1.165) is 6.54 Å². The SMILES string of the molecule is CCN1C[C@@H](C(F)F)C[C@H]1C(C)C. The van der Waals surface area contributed by atoms with Crippen LogP contribution in [0.2, 0.25) is 0 Å². The summed E-state index contributed by atoms with van der Waals surface area (Å²) in [6, 6.07) is 0.365. The summed E-state index contributed by atoms with van der Waals surface area (Å²) in [7, 11) is 0. The van der Waals surface area contributed by atoms with Gasteiger partial charge in [-0.3, -0.25) is 4.90 Å². The number of hydrogen-bond acceptors (Lipinski definition) is 1. The van der Waals surface area contributed by atoms with Gasteiger partial charge in [0.25, 0.3) is 0 Å². The molecule has 1 nitrogen and oxygen atoms in total. The van der Waals surface area contributed by atoms with E-state index in [1.165, 1.54) is 0 Å². The third-order valence-electron chi connectivity index (χ3n) is 3.01. The second kappa shape index (κ2) is 4.36. The molecule has 0 radical (unpaired) electrons. The van der Waals surface area contributed by atoms with E-state index in [0.29, 0.717) is 24.9 Å². The van der Waals surface area contributed by atoms with Crippen LogP contribution in [0.5, 0.6) is 0 Å². The van der Waals surface area contributed by atoms with Gasteiger partial charge in [-0.15, -0.1) is 0 Å². The lowest BCUT2D eigenvalue weighted by Crippen LogP contribution is -2.33. The fourth-order valence-corrected chi connectivity index (χ4v) is 2.21. The van der Waals surface area contributed by atoms with Crippen LogP contribution in [-0.2, 0) is 0 Å². The van der Waals surface area contributed by atoms with Crippen molar-refractivity contribution in [2.75, 3.05) is 13.1 Å². The number of rotatable bonds is 3. The fraction of sp³-hybridized carbons (Fsp3) is 1.00. The van der Waals surface area contributed by atoms with Gasteiger partial charge in [-0.25, -0.2) is 8.78 Å². The first-order valence-corrected chi connectivity index (χ1v) is 5.08. The summed E-state index contributed by atoms with van der Waals surface area (Å²) in [5.41, 5.74) is 0. The first-order valence-electron chi connectivity index (χ1n) is 5.08. The van der Waals surface area contributed by atoms with Crippen molar-refractivity contribution in [2.24, 2.45) is 11.8 Å². The van der Waals surface area contributed by atoms with Gasteiger partial charge in [0.2, 0.25) is 6.43 Å². The molecule has 0 aromatic heterocycles. The average Bonchev–Trinajstić information content (AvgIpc) is 2.47. The topological polar surface area (TPSA) is 3.24 Å². The molecular weight excluding hydrogens is 172 g/mol. The normalized spacial score (nSPS) is 30.7. The number of nitrogens with zero attached hydrogens (tertiary/aromatic N) is 1. The number of hydrogen-bond donors (Lipinski definition) is 0. The van der Waals surface area contributed by atoms with Gasteiger partial charge in [0.1, 0.15) is 0 Å². The molecule has 0 aliphatic carbocycles. The lowest BCUT2D eigenvalue weighted by molar-refractivity contribution is 0.0811. The third kappa shape index (κ3) is 2.39. The van der Waals surface area contributed by atoms with Crippen LogP contribution in [0, 0.1) is 11.8 Å². The highest BCUT2D eigenvalue weighted by molar-refractivity contribution is 4.87. The van der Waals surface area contributed by atoms with E-state index in [9.17, 15) is 8.78 Å². The van der Waals surface area contributed by atoms with Crippen LogP contribution in [0.15, 0.2) is 0 Å². The summed E-state index contributed by atoms with van der Waals surface area (Å²) >= 11 is 0. The monoisotopic (exact) mass is 191 g/mol. The van der Waals surface area contributed by atoms with Crippen LogP contribution in [-0.4, -0.2) is 30.5 Å². The van der Waals surface area contributed by atoms with Gasteiger partial charge >= 0.3 is 0 Å². The van der Waals surface area contributed by atoms with Gasteiger partial charge in [-0.2, -0.15) is 0 Å². The highest BCUT2D eigenvalue weighted by Gasteiger charge is 2.37. The third-order valence-corrected chi connectivity index (χ3v) is 3.01. The van der Waals surface area contributed by atoms with Crippen molar-refractivity contribution in [3.05, 3.63) is 0 Å². The second-order valence-electron chi connectivity index (χ2n) is 4.23. The second-order valence-corrected chi connectivity index (χ2v) is 4.23. The maximum Gasteiger partial charge on any atom is 0.242 e. The molecule has 0 N–H and O–H groups in total. The summed E-state index contributed by atoms with van der Waals surface area (Å²) in [4.78, 5) is 2.18. The molecule has 1 aliphatic heterocycles. The van der Waals surface area contributed by atoms with Gasteiger partial charge in [0.15, 0.2) is 0 Å². The van der Waals surface area contributed by atoms with Gasteiger partial charge in [-0.05, 0) is 18.9 Å². The van der Waals surface area contributed by atoms with Gasteiger partial charge in [-0.1, -0.05) is 20.8 Å². The molecule has 1 fully saturated rings.